The van der Waals surface area contributed by atoms with E-state index in [4.69, 9.17) is 9.84 Å². The van der Waals surface area contributed by atoms with Gasteiger partial charge in [0.15, 0.2) is 0 Å². The van der Waals surface area contributed by atoms with Crippen molar-refractivity contribution in [3.63, 3.8) is 0 Å². The Balaban J connectivity index is 1.99. The zero-order valence-corrected chi connectivity index (χ0v) is 11.1. The molecule has 1 saturated heterocycles. The first kappa shape index (κ1) is 15.1. The molecule has 6 heteroatoms. The third-order valence-corrected chi connectivity index (χ3v) is 4.27. The average Bonchev–Trinajstić information content (AvgIpc) is 2.75. The van der Waals surface area contributed by atoms with Crippen LogP contribution >= 0.6 is 0 Å². The van der Waals surface area contributed by atoms with Gasteiger partial charge in [0, 0.05) is 19.2 Å². The predicted molar refractivity (Wildman–Crippen MR) is 64.9 cm³/mol. The number of nitrogens with zero attached hydrogens (tertiary/aromatic N) is 1. The molecule has 1 N–H and O–H groups in total. The molecule has 1 aliphatic heterocycles. The van der Waals surface area contributed by atoms with E-state index >= 15 is 0 Å². The maximum atomic E-state index is 12.6. The van der Waals surface area contributed by atoms with Crippen LogP contribution in [0.5, 0.6) is 0 Å². The first-order valence-corrected chi connectivity index (χ1v) is 7.00. The van der Waals surface area contributed by atoms with Crippen LogP contribution in [0.1, 0.15) is 38.5 Å². The van der Waals surface area contributed by atoms with Crippen molar-refractivity contribution >= 4 is 0 Å². The van der Waals surface area contributed by atoms with Crippen LogP contribution in [0.25, 0.3) is 0 Å². The van der Waals surface area contributed by atoms with Crippen LogP contribution < -0.4 is 0 Å². The molecule has 1 spiro atoms. The molecule has 1 saturated carbocycles. The van der Waals surface area contributed by atoms with Gasteiger partial charge in [-0.1, -0.05) is 12.8 Å². The summed E-state index contributed by atoms with van der Waals surface area (Å²) in [5, 5.41) is 8.98. The Hall–Kier alpha value is -0.330. The summed E-state index contributed by atoms with van der Waals surface area (Å²) in [5.74, 6) is 0. The second-order valence-electron chi connectivity index (χ2n) is 5.69. The van der Waals surface area contributed by atoms with E-state index in [2.05, 4.69) is 0 Å². The summed E-state index contributed by atoms with van der Waals surface area (Å²) in [6.45, 7) is -0.556. The molecular formula is C13H22F3NO2. The fourth-order valence-electron chi connectivity index (χ4n) is 3.43. The lowest BCUT2D eigenvalue weighted by molar-refractivity contribution is -0.165. The summed E-state index contributed by atoms with van der Waals surface area (Å²) in [6, 6.07) is -0.124. The minimum absolute atomic E-state index is 0.0836. The van der Waals surface area contributed by atoms with Gasteiger partial charge in [0.2, 0.25) is 0 Å². The molecule has 2 rings (SSSR count). The number of rotatable bonds is 4. The van der Waals surface area contributed by atoms with E-state index in [9.17, 15) is 13.2 Å². The SMILES string of the molecule is OCCN(CC(F)(F)F)C1CCOC2(CCCC2)C1. The Morgan fingerprint density at radius 1 is 1.26 bits per heavy atom. The topological polar surface area (TPSA) is 32.7 Å². The van der Waals surface area contributed by atoms with Crippen molar-refractivity contribution in [2.75, 3.05) is 26.3 Å². The molecule has 1 aliphatic carbocycles. The van der Waals surface area contributed by atoms with E-state index in [1.165, 1.54) is 4.90 Å². The quantitative estimate of drug-likeness (QED) is 0.858. The first-order valence-electron chi connectivity index (χ1n) is 7.00. The minimum Gasteiger partial charge on any atom is -0.395 e. The monoisotopic (exact) mass is 281 g/mol. The van der Waals surface area contributed by atoms with Gasteiger partial charge in [-0.3, -0.25) is 4.90 Å². The molecule has 3 nitrogen and oxygen atoms in total. The van der Waals surface area contributed by atoms with Gasteiger partial charge in [-0.15, -0.1) is 0 Å². The smallest absolute Gasteiger partial charge is 0.395 e. The minimum atomic E-state index is -4.21. The molecule has 2 aliphatic rings. The number of alkyl halides is 3. The summed E-state index contributed by atoms with van der Waals surface area (Å²) in [6.07, 6.45) is 1.21. The average molecular weight is 281 g/mol. The Morgan fingerprint density at radius 3 is 2.53 bits per heavy atom. The highest BCUT2D eigenvalue weighted by Gasteiger charge is 2.43. The molecule has 0 bridgehead atoms. The Bertz CT molecular complexity index is 290. The second kappa shape index (κ2) is 5.97. The Kier molecular flexibility index (Phi) is 4.74. The van der Waals surface area contributed by atoms with Crippen LogP contribution in [-0.4, -0.2) is 54.1 Å². The second-order valence-corrected chi connectivity index (χ2v) is 5.69. The lowest BCUT2D eigenvalue weighted by atomic mass is 9.88. The summed E-state index contributed by atoms with van der Waals surface area (Å²) >= 11 is 0. The zero-order chi connectivity index (χ0) is 13.9. The first-order chi connectivity index (χ1) is 8.94. The van der Waals surface area contributed by atoms with Crippen molar-refractivity contribution in [3.8, 4) is 0 Å². The lowest BCUT2D eigenvalue weighted by Crippen LogP contribution is -2.50. The van der Waals surface area contributed by atoms with E-state index in [0.717, 1.165) is 25.7 Å². The molecule has 2 fully saturated rings. The van der Waals surface area contributed by atoms with Gasteiger partial charge in [0.1, 0.15) is 0 Å². The van der Waals surface area contributed by atoms with Gasteiger partial charge in [0.05, 0.1) is 18.8 Å². The largest absolute Gasteiger partial charge is 0.401 e. The molecule has 1 heterocycles. The molecule has 19 heavy (non-hydrogen) atoms. The van der Waals surface area contributed by atoms with Gasteiger partial charge >= 0.3 is 6.18 Å². The van der Waals surface area contributed by atoms with Crippen LogP contribution in [0.3, 0.4) is 0 Å². The van der Waals surface area contributed by atoms with Crippen molar-refractivity contribution in [2.24, 2.45) is 0 Å². The maximum Gasteiger partial charge on any atom is 0.401 e. The van der Waals surface area contributed by atoms with Gasteiger partial charge in [-0.05, 0) is 25.7 Å². The van der Waals surface area contributed by atoms with Gasteiger partial charge in [0.25, 0.3) is 0 Å². The van der Waals surface area contributed by atoms with Crippen LogP contribution in [0.4, 0.5) is 13.2 Å². The van der Waals surface area contributed by atoms with Crippen molar-refractivity contribution in [1.82, 2.24) is 4.90 Å². The highest BCUT2D eigenvalue weighted by atomic mass is 19.4. The van der Waals surface area contributed by atoms with Crippen molar-refractivity contribution < 1.29 is 23.0 Å². The van der Waals surface area contributed by atoms with Gasteiger partial charge in [-0.2, -0.15) is 13.2 Å². The fraction of sp³-hybridized carbons (Fsp3) is 1.00. The summed E-state index contributed by atoms with van der Waals surface area (Å²) in [5.41, 5.74) is -0.192. The number of halogens is 3. The number of aliphatic hydroxyl groups excluding tert-OH is 1. The highest BCUT2D eigenvalue weighted by Crippen LogP contribution is 2.41. The van der Waals surface area contributed by atoms with Gasteiger partial charge < -0.3 is 9.84 Å². The van der Waals surface area contributed by atoms with E-state index in [1.807, 2.05) is 0 Å². The molecule has 1 atom stereocenters. The van der Waals surface area contributed by atoms with Crippen LogP contribution in [0.15, 0.2) is 0 Å². The third-order valence-electron chi connectivity index (χ3n) is 4.27. The number of ether oxygens (including phenoxy) is 1. The molecule has 112 valence electrons. The summed E-state index contributed by atoms with van der Waals surface area (Å²) in [4.78, 5) is 1.38. The maximum absolute atomic E-state index is 12.6. The molecule has 0 aromatic heterocycles. The van der Waals surface area contributed by atoms with Crippen molar-refractivity contribution in [1.29, 1.82) is 0 Å². The molecule has 1 unspecified atom stereocenters. The number of hydrogen-bond acceptors (Lipinski definition) is 3. The third kappa shape index (κ3) is 4.07. The van der Waals surface area contributed by atoms with Crippen LogP contribution in [0.2, 0.25) is 0 Å². The molecule has 0 aromatic rings. The normalized spacial score (nSPS) is 27.3. The lowest BCUT2D eigenvalue weighted by Gasteiger charge is -2.43. The molecular weight excluding hydrogens is 259 g/mol. The number of hydrogen-bond donors (Lipinski definition) is 1. The highest BCUT2D eigenvalue weighted by molar-refractivity contribution is 4.94. The van der Waals surface area contributed by atoms with E-state index in [1.54, 1.807) is 0 Å². The number of aliphatic hydroxyl groups is 1. The molecule has 0 amide bonds. The van der Waals surface area contributed by atoms with Crippen molar-refractivity contribution in [2.45, 2.75) is 56.3 Å². The Morgan fingerprint density at radius 2 is 1.95 bits per heavy atom. The zero-order valence-electron chi connectivity index (χ0n) is 11.1. The van der Waals surface area contributed by atoms with Crippen LogP contribution in [-0.2, 0) is 4.74 Å². The standard InChI is InChI=1S/C13H22F3NO2/c14-13(15,16)10-17(6-7-18)11-3-8-19-12(9-11)4-1-2-5-12/h11,18H,1-10H2. The predicted octanol–water partition coefficient (Wildman–Crippen LogP) is 2.33. The van der Waals surface area contributed by atoms with E-state index in [0.29, 0.717) is 19.4 Å². The summed E-state index contributed by atoms with van der Waals surface area (Å²) < 4.78 is 43.6. The van der Waals surface area contributed by atoms with Crippen LogP contribution in [0, 0.1) is 0 Å². The van der Waals surface area contributed by atoms with Crippen molar-refractivity contribution in [3.05, 3.63) is 0 Å². The molecule has 0 aromatic carbocycles. The Labute approximate surface area is 111 Å². The van der Waals surface area contributed by atoms with E-state index < -0.39 is 12.7 Å². The fourth-order valence-corrected chi connectivity index (χ4v) is 3.43. The van der Waals surface area contributed by atoms with Gasteiger partial charge in [-0.25, -0.2) is 0 Å². The summed E-state index contributed by atoms with van der Waals surface area (Å²) in [7, 11) is 0. The van der Waals surface area contributed by atoms with E-state index in [-0.39, 0.29) is 24.8 Å². The molecule has 0 radical (unpaired) electrons.